The fourth-order valence-electron chi connectivity index (χ4n) is 3.37. The molecule has 33 heavy (non-hydrogen) atoms. The molecule has 0 N–H and O–H groups in total. The molecule has 0 saturated heterocycles. The number of aryl methyl sites for hydroxylation is 1. The highest BCUT2D eigenvalue weighted by Gasteiger charge is 2.23. The Bertz CT molecular complexity index is 1130. The lowest BCUT2D eigenvalue weighted by Gasteiger charge is -2.11. The van der Waals surface area contributed by atoms with Gasteiger partial charge in [-0.1, -0.05) is 50.1 Å². The quantitative estimate of drug-likeness (QED) is 0.146. The summed E-state index contributed by atoms with van der Waals surface area (Å²) in [6, 6.07) is 11.4. The van der Waals surface area contributed by atoms with Crippen molar-refractivity contribution in [3.05, 3.63) is 82.9 Å². The number of carbonyl (C=O) groups excluding carboxylic acids is 1. The molecule has 7 heteroatoms. The molecule has 3 rings (SSSR count). The number of hydrogen-bond acceptors (Lipinski definition) is 3. The maximum atomic E-state index is 14.7. The lowest BCUT2D eigenvalue weighted by atomic mass is 9.99. The van der Waals surface area contributed by atoms with E-state index in [1.807, 2.05) is 12.1 Å². The lowest BCUT2D eigenvalue weighted by molar-refractivity contribution is 0.0720. The number of rotatable bonds is 9. The number of hydrogen-bond donors (Lipinski definition) is 0. The van der Waals surface area contributed by atoms with E-state index >= 15 is 0 Å². The van der Waals surface area contributed by atoms with Gasteiger partial charge in [0.15, 0.2) is 23.1 Å². The van der Waals surface area contributed by atoms with E-state index < -0.39 is 40.6 Å². The first kappa shape index (κ1) is 24.3. The first-order valence-corrected chi connectivity index (χ1v) is 10.8. The topological polar surface area (TPSA) is 35.5 Å². The van der Waals surface area contributed by atoms with Crippen molar-refractivity contribution < 1.29 is 31.8 Å². The lowest BCUT2D eigenvalue weighted by Crippen LogP contribution is -2.13. The highest BCUT2D eigenvalue weighted by molar-refractivity contribution is 5.92. The molecule has 0 aliphatic heterocycles. The van der Waals surface area contributed by atoms with E-state index in [0.29, 0.717) is 5.56 Å². The molecular weight excluding hydrogens is 436 g/mol. The first-order valence-electron chi connectivity index (χ1n) is 10.8. The van der Waals surface area contributed by atoms with Gasteiger partial charge >= 0.3 is 5.97 Å². The van der Waals surface area contributed by atoms with Crippen LogP contribution in [0.2, 0.25) is 0 Å². The highest BCUT2D eigenvalue weighted by Crippen LogP contribution is 2.30. The number of ether oxygens (including phenoxy) is 2. The smallest absolute Gasteiger partial charge is 0.346 e. The maximum Gasteiger partial charge on any atom is 0.346 e. The van der Waals surface area contributed by atoms with Crippen LogP contribution in [0.4, 0.5) is 17.6 Å². The second-order valence-electron chi connectivity index (χ2n) is 7.46. The van der Waals surface area contributed by atoms with Gasteiger partial charge in [0.05, 0.1) is 12.2 Å². The number of benzene rings is 3. The van der Waals surface area contributed by atoms with E-state index in [0.717, 1.165) is 49.4 Å². The molecule has 0 aliphatic carbocycles. The Labute approximate surface area is 190 Å². The van der Waals surface area contributed by atoms with Gasteiger partial charge in [-0.2, -0.15) is 8.78 Å². The summed E-state index contributed by atoms with van der Waals surface area (Å²) in [4.78, 5) is 12.3. The molecule has 0 atom stereocenters. The summed E-state index contributed by atoms with van der Waals surface area (Å²) in [6.07, 6.45) is 4.18. The minimum Gasteiger partial charge on any atom is -0.491 e. The molecule has 0 heterocycles. The highest BCUT2D eigenvalue weighted by atomic mass is 19.2. The molecule has 0 spiro atoms. The van der Waals surface area contributed by atoms with Gasteiger partial charge in [-0.15, -0.1) is 0 Å². The predicted molar refractivity (Wildman–Crippen MR) is 118 cm³/mol. The van der Waals surface area contributed by atoms with E-state index in [1.165, 1.54) is 6.07 Å². The molecule has 3 aromatic carbocycles. The zero-order chi connectivity index (χ0) is 24.0. The third-order valence-electron chi connectivity index (χ3n) is 5.15. The number of unbranched alkanes of at least 4 members (excludes halogenated alkanes) is 2. The van der Waals surface area contributed by atoms with Crippen molar-refractivity contribution in [2.24, 2.45) is 0 Å². The summed E-state index contributed by atoms with van der Waals surface area (Å²) in [6.45, 7) is 3.81. The molecule has 0 aromatic heterocycles. The van der Waals surface area contributed by atoms with Crippen LogP contribution in [-0.2, 0) is 6.42 Å². The molecule has 3 aromatic rings. The molecule has 0 unspecified atom stereocenters. The second kappa shape index (κ2) is 11.0. The Balaban J connectivity index is 1.80. The van der Waals surface area contributed by atoms with Crippen LogP contribution in [0.3, 0.4) is 0 Å². The van der Waals surface area contributed by atoms with Crippen LogP contribution >= 0.6 is 0 Å². The number of carbonyl (C=O) groups is 1. The SMILES string of the molecule is CCCCCc1ccc(-c2ccc(C(=O)Oc3ccc(OCC)c(F)c3F)c(F)c2F)cc1. The van der Waals surface area contributed by atoms with Crippen molar-refractivity contribution in [3.63, 3.8) is 0 Å². The minimum atomic E-state index is -1.47. The summed E-state index contributed by atoms with van der Waals surface area (Å²) < 4.78 is 67.2. The monoisotopic (exact) mass is 460 g/mol. The van der Waals surface area contributed by atoms with Gasteiger partial charge in [-0.05, 0) is 49.1 Å². The van der Waals surface area contributed by atoms with E-state index in [2.05, 4.69) is 6.92 Å². The normalized spacial score (nSPS) is 10.8. The summed E-state index contributed by atoms with van der Waals surface area (Å²) in [5.74, 6) is -7.95. The van der Waals surface area contributed by atoms with Crippen LogP contribution in [-0.4, -0.2) is 12.6 Å². The fraction of sp³-hybridized carbons (Fsp3) is 0.269. The van der Waals surface area contributed by atoms with E-state index in [-0.39, 0.29) is 17.9 Å². The van der Waals surface area contributed by atoms with Crippen LogP contribution in [0.25, 0.3) is 11.1 Å². The van der Waals surface area contributed by atoms with Crippen LogP contribution in [0, 0.1) is 23.3 Å². The van der Waals surface area contributed by atoms with Gasteiger partial charge in [-0.3, -0.25) is 0 Å². The van der Waals surface area contributed by atoms with Crippen molar-refractivity contribution in [1.29, 1.82) is 0 Å². The molecule has 174 valence electrons. The summed E-state index contributed by atoms with van der Waals surface area (Å²) >= 11 is 0. The van der Waals surface area contributed by atoms with Gasteiger partial charge in [0, 0.05) is 5.56 Å². The fourth-order valence-corrected chi connectivity index (χ4v) is 3.37. The zero-order valence-corrected chi connectivity index (χ0v) is 18.4. The van der Waals surface area contributed by atoms with Crippen molar-refractivity contribution in [1.82, 2.24) is 0 Å². The van der Waals surface area contributed by atoms with Crippen LogP contribution in [0.15, 0.2) is 48.5 Å². The molecule has 3 nitrogen and oxygen atoms in total. The van der Waals surface area contributed by atoms with Crippen molar-refractivity contribution in [2.45, 2.75) is 39.5 Å². The molecule has 0 bridgehead atoms. The number of esters is 1. The van der Waals surface area contributed by atoms with Crippen LogP contribution in [0.1, 0.15) is 49.0 Å². The van der Waals surface area contributed by atoms with Crippen LogP contribution in [0.5, 0.6) is 11.5 Å². The summed E-state index contributed by atoms with van der Waals surface area (Å²) in [7, 11) is 0. The third kappa shape index (κ3) is 5.53. The first-order chi connectivity index (χ1) is 15.9. The second-order valence-corrected chi connectivity index (χ2v) is 7.46. The van der Waals surface area contributed by atoms with E-state index in [4.69, 9.17) is 9.47 Å². The average molecular weight is 460 g/mol. The maximum absolute atomic E-state index is 14.7. The molecule has 0 amide bonds. The largest absolute Gasteiger partial charge is 0.491 e. The van der Waals surface area contributed by atoms with Crippen LogP contribution < -0.4 is 9.47 Å². The average Bonchev–Trinajstić information content (AvgIpc) is 2.81. The van der Waals surface area contributed by atoms with Crippen molar-refractivity contribution in [2.75, 3.05) is 6.61 Å². The van der Waals surface area contributed by atoms with Gasteiger partial charge in [0.25, 0.3) is 0 Å². The van der Waals surface area contributed by atoms with Crippen molar-refractivity contribution >= 4 is 5.97 Å². The Morgan fingerprint density at radius 2 is 1.42 bits per heavy atom. The molecule has 0 radical (unpaired) electrons. The van der Waals surface area contributed by atoms with Gasteiger partial charge < -0.3 is 9.47 Å². The molecular formula is C26H24F4O3. The molecule has 0 aliphatic rings. The third-order valence-corrected chi connectivity index (χ3v) is 5.15. The van der Waals surface area contributed by atoms with Crippen molar-refractivity contribution in [3.8, 4) is 22.6 Å². The standard InChI is InChI=1S/C26H24F4O3/c1-3-5-6-7-16-8-10-17(11-9-16)18-12-13-19(23(28)22(18)27)26(31)33-21-15-14-20(32-4-2)24(29)25(21)30/h8-15H,3-7H2,1-2H3. The number of halogens is 4. The Hall–Kier alpha value is -3.35. The minimum absolute atomic E-state index is 0.0255. The van der Waals surface area contributed by atoms with Gasteiger partial charge in [-0.25, -0.2) is 13.6 Å². The molecule has 0 saturated carbocycles. The summed E-state index contributed by atoms with van der Waals surface area (Å²) in [5, 5.41) is 0. The Morgan fingerprint density at radius 1 is 0.758 bits per heavy atom. The van der Waals surface area contributed by atoms with E-state index in [9.17, 15) is 22.4 Å². The van der Waals surface area contributed by atoms with Gasteiger partial charge in [0.2, 0.25) is 11.6 Å². The molecule has 0 fully saturated rings. The Kier molecular flexibility index (Phi) is 8.09. The summed E-state index contributed by atoms with van der Waals surface area (Å²) in [5.41, 5.74) is 0.784. The zero-order valence-electron chi connectivity index (χ0n) is 18.4. The predicted octanol–water partition coefficient (Wildman–Crippen LogP) is 7.26. The van der Waals surface area contributed by atoms with E-state index in [1.54, 1.807) is 19.1 Å². The Morgan fingerprint density at radius 3 is 2.09 bits per heavy atom. The van der Waals surface area contributed by atoms with Gasteiger partial charge in [0.1, 0.15) is 0 Å².